The molecular weight excluding hydrogens is 196 g/mol. The van der Waals surface area contributed by atoms with Crippen LogP contribution in [0.25, 0.3) is 0 Å². The predicted octanol–water partition coefficient (Wildman–Crippen LogP) is 3.93. The van der Waals surface area contributed by atoms with Crippen LogP contribution >= 0.6 is 0 Å². The minimum absolute atomic E-state index is 0.837. The van der Waals surface area contributed by atoms with Crippen LogP contribution in [0.5, 0.6) is 5.75 Å². The molecule has 0 amide bonds. The molecule has 0 aliphatic heterocycles. The van der Waals surface area contributed by atoms with Gasteiger partial charge >= 0.3 is 0 Å². The maximum absolute atomic E-state index is 5.78. The zero-order valence-electron chi connectivity index (χ0n) is 9.53. The summed E-state index contributed by atoms with van der Waals surface area (Å²) in [6.07, 6.45) is 7.70. The van der Waals surface area contributed by atoms with Crippen LogP contribution in [0.15, 0.2) is 65.6 Å². The molecule has 80 valence electrons. The Bertz CT molecular complexity index is 512. The second-order valence-electron chi connectivity index (χ2n) is 3.85. The molecule has 0 unspecified atom stereocenters. The van der Waals surface area contributed by atoms with Crippen molar-refractivity contribution in [3.8, 4) is 5.75 Å². The lowest BCUT2D eigenvalue weighted by atomic mass is 10.2. The monoisotopic (exact) mass is 210 g/mol. The first-order chi connectivity index (χ1) is 7.74. The van der Waals surface area contributed by atoms with E-state index in [1.54, 1.807) is 0 Å². The molecule has 0 bridgehead atoms. The van der Waals surface area contributed by atoms with Crippen molar-refractivity contribution in [3.05, 3.63) is 71.2 Å². The fraction of sp³-hybridized carbons (Fsp3) is 0.133. The number of rotatable bonds is 2. The van der Waals surface area contributed by atoms with Crippen LogP contribution in [0.1, 0.15) is 12.5 Å². The zero-order valence-corrected chi connectivity index (χ0v) is 9.53. The highest BCUT2D eigenvalue weighted by molar-refractivity contribution is 5.35. The summed E-state index contributed by atoms with van der Waals surface area (Å²) in [4.78, 5) is 0. The molecule has 0 saturated heterocycles. The van der Waals surface area contributed by atoms with Gasteiger partial charge in [-0.3, -0.25) is 0 Å². The number of hydrogen-bond acceptors (Lipinski definition) is 1. The first-order valence-corrected chi connectivity index (χ1v) is 5.29. The summed E-state index contributed by atoms with van der Waals surface area (Å²) in [7, 11) is 0. The Morgan fingerprint density at radius 2 is 2.06 bits per heavy atom. The summed E-state index contributed by atoms with van der Waals surface area (Å²) < 4.78 is 5.78. The summed E-state index contributed by atoms with van der Waals surface area (Å²) in [5, 5.41) is 0. The Kier molecular flexibility index (Phi) is 3.09. The fourth-order valence-electron chi connectivity index (χ4n) is 1.50. The Labute approximate surface area is 96.1 Å². The summed E-state index contributed by atoms with van der Waals surface area (Å²) in [6.45, 7) is 4.08. The Morgan fingerprint density at radius 3 is 2.88 bits per heavy atom. The number of aryl methyl sites for hydroxylation is 1. The third kappa shape index (κ3) is 2.75. The number of benzene rings is 1. The smallest absolute Gasteiger partial charge is 0.128 e. The van der Waals surface area contributed by atoms with Gasteiger partial charge in [-0.2, -0.15) is 0 Å². The highest BCUT2D eigenvalue weighted by Crippen LogP contribution is 2.17. The van der Waals surface area contributed by atoms with Crippen LogP contribution in [0.3, 0.4) is 0 Å². The maximum atomic E-state index is 5.78. The van der Waals surface area contributed by atoms with Crippen molar-refractivity contribution in [2.24, 2.45) is 0 Å². The third-order valence-corrected chi connectivity index (χ3v) is 2.25. The van der Waals surface area contributed by atoms with Gasteiger partial charge in [-0.25, -0.2) is 0 Å². The molecule has 1 nitrogen and oxygen atoms in total. The molecule has 0 heterocycles. The average Bonchev–Trinajstić information content (AvgIpc) is 2.43. The average molecular weight is 210 g/mol. The van der Waals surface area contributed by atoms with Gasteiger partial charge in [-0.15, -0.1) is 5.73 Å². The van der Waals surface area contributed by atoms with E-state index in [1.807, 2.05) is 49.4 Å². The second-order valence-corrected chi connectivity index (χ2v) is 3.85. The molecule has 1 aliphatic rings. The molecule has 0 N–H and O–H groups in total. The van der Waals surface area contributed by atoms with Crippen LogP contribution < -0.4 is 4.74 Å². The van der Waals surface area contributed by atoms with Crippen LogP contribution in [-0.4, -0.2) is 0 Å². The zero-order chi connectivity index (χ0) is 11.4. The highest BCUT2D eigenvalue weighted by atomic mass is 16.5. The van der Waals surface area contributed by atoms with E-state index < -0.39 is 0 Å². The molecule has 0 atom stereocenters. The second kappa shape index (κ2) is 4.69. The van der Waals surface area contributed by atoms with Gasteiger partial charge in [0.25, 0.3) is 0 Å². The van der Waals surface area contributed by atoms with E-state index in [2.05, 4.69) is 18.7 Å². The van der Waals surface area contributed by atoms with E-state index in [9.17, 15) is 0 Å². The van der Waals surface area contributed by atoms with Crippen LogP contribution in [0, 0.1) is 6.92 Å². The van der Waals surface area contributed by atoms with Crippen molar-refractivity contribution in [3.63, 3.8) is 0 Å². The minimum atomic E-state index is 0.837. The molecular formula is C15H14O. The quantitative estimate of drug-likeness (QED) is 0.672. The highest BCUT2D eigenvalue weighted by Gasteiger charge is 1.99. The lowest BCUT2D eigenvalue weighted by Crippen LogP contribution is -1.92. The molecule has 0 saturated carbocycles. The normalized spacial score (nSPS) is 14.1. The van der Waals surface area contributed by atoms with E-state index in [4.69, 9.17) is 4.74 Å². The molecule has 1 aliphatic carbocycles. The number of ether oxygens (including phenoxy) is 1. The van der Waals surface area contributed by atoms with Gasteiger partial charge in [0.1, 0.15) is 11.5 Å². The van der Waals surface area contributed by atoms with E-state index in [0.717, 1.165) is 17.1 Å². The van der Waals surface area contributed by atoms with E-state index >= 15 is 0 Å². The fourth-order valence-corrected chi connectivity index (χ4v) is 1.50. The SMILES string of the molecule is CC1=CC(Oc2cccc(C)c2)=CC=C=C1. The minimum Gasteiger partial charge on any atom is -0.457 e. The first kappa shape index (κ1) is 10.5. The molecule has 0 radical (unpaired) electrons. The molecule has 16 heavy (non-hydrogen) atoms. The van der Waals surface area contributed by atoms with Crippen molar-refractivity contribution < 1.29 is 4.74 Å². The molecule has 0 spiro atoms. The molecule has 1 heteroatoms. The number of hydrogen-bond donors (Lipinski definition) is 0. The van der Waals surface area contributed by atoms with Gasteiger partial charge in [0.05, 0.1) is 0 Å². The van der Waals surface area contributed by atoms with E-state index in [0.29, 0.717) is 0 Å². The maximum Gasteiger partial charge on any atom is 0.128 e. The first-order valence-electron chi connectivity index (χ1n) is 5.29. The van der Waals surface area contributed by atoms with Gasteiger partial charge in [-0.1, -0.05) is 12.1 Å². The summed E-state index contributed by atoms with van der Waals surface area (Å²) in [5.41, 5.74) is 5.38. The van der Waals surface area contributed by atoms with Crippen molar-refractivity contribution in [1.29, 1.82) is 0 Å². The van der Waals surface area contributed by atoms with Crippen LogP contribution in [0.4, 0.5) is 0 Å². The summed E-state index contributed by atoms with van der Waals surface area (Å²) >= 11 is 0. The summed E-state index contributed by atoms with van der Waals surface area (Å²) in [5.74, 6) is 1.70. The number of allylic oxidation sites excluding steroid dienone is 4. The third-order valence-electron chi connectivity index (χ3n) is 2.25. The van der Waals surface area contributed by atoms with Crippen molar-refractivity contribution >= 4 is 0 Å². The standard InChI is InChI=1S/C15H14O/c1-12-6-3-4-8-14(10-12)16-15-9-5-7-13(2)11-15/h4-11H,1-2H3. The van der Waals surface area contributed by atoms with Crippen LogP contribution in [0.2, 0.25) is 0 Å². The van der Waals surface area contributed by atoms with Gasteiger partial charge in [0.2, 0.25) is 0 Å². The van der Waals surface area contributed by atoms with Crippen molar-refractivity contribution in [1.82, 2.24) is 0 Å². The predicted molar refractivity (Wildman–Crippen MR) is 66.3 cm³/mol. The molecule has 2 rings (SSSR count). The largest absolute Gasteiger partial charge is 0.457 e. The van der Waals surface area contributed by atoms with Crippen molar-refractivity contribution in [2.75, 3.05) is 0 Å². The lowest BCUT2D eigenvalue weighted by molar-refractivity contribution is 0.444. The molecule has 0 fully saturated rings. The van der Waals surface area contributed by atoms with Crippen molar-refractivity contribution in [2.45, 2.75) is 13.8 Å². The molecule has 1 aromatic carbocycles. The van der Waals surface area contributed by atoms with Gasteiger partial charge < -0.3 is 4.74 Å². The Hall–Kier alpha value is -1.98. The Morgan fingerprint density at radius 1 is 1.19 bits per heavy atom. The van der Waals surface area contributed by atoms with Crippen LogP contribution in [-0.2, 0) is 0 Å². The molecule has 0 aromatic heterocycles. The van der Waals surface area contributed by atoms with Gasteiger partial charge in [-0.05, 0) is 61.4 Å². The molecule has 1 aromatic rings. The topological polar surface area (TPSA) is 9.23 Å². The van der Waals surface area contributed by atoms with E-state index in [-0.39, 0.29) is 0 Å². The van der Waals surface area contributed by atoms with Gasteiger partial charge in [0, 0.05) is 0 Å². The summed E-state index contributed by atoms with van der Waals surface area (Å²) in [6, 6.07) is 8.02. The lowest BCUT2D eigenvalue weighted by Gasteiger charge is -2.06. The van der Waals surface area contributed by atoms with Gasteiger partial charge in [0.15, 0.2) is 0 Å². The Balaban J connectivity index is 2.20. The van der Waals surface area contributed by atoms with E-state index in [1.165, 1.54) is 5.56 Å².